The number of amides is 3. The summed E-state index contributed by atoms with van der Waals surface area (Å²) < 4.78 is 32.2. The molecule has 2 aromatic rings. The molecule has 0 radical (unpaired) electrons. The largest absolute Gasteiger partial charge is 0.442 e. The van der Waals surface area contributed by atoms with Crippen molar-refractivity contribution < 1.29 is 23.1 Å². The van der Waals surface area contributed by atoms with Crippen LogP contribution in [0.25, 0.3) is 0 Å². The summed E-state index contributed by atoms with van der Waals surface area (Å²) in [5, 5.41) is 5.13. The third-order valence-corrected chi connectivity index (χ3v) is 4.52. The van der Waals surface area contributed by atoms with Crippen LogP contribution < -0.4 is 15.5 Å². The number of ether oxygens (including phenoxy) is 1. The number of urea groups is 1. The Labute approximate surface area is 163 Å². The molecular formula is C17H13Cl2F2N3O3. The standard InChI is InChI=1S/C17H13Cl2F2N3O3/c18-11-5-4-9(6-12(11)19)24-8-10(27-17(24)26)7-22-16(25)23-15-13(20)2-1-3-14(15)21/h1-6,10H,7-8H2,(H2,22,23,25)/t10-/m1/s1. The van der Waals surface area contributed by atoms with Gasteiger partial charge in [0.15, 0.2) is 0 Å². The Morgan fingerprint density at radius 3 is 2.56 bits per heavy atom. The van der Waals surface area contributed by atoms with Crippen LogP contribution in [0, 0.1) is 11.6 Å². The lowest BCUT2D eigenvalue weighted by molar-refractivity contribution is 0.141. The Bertz CT molecular complexity index is 877. The van der Waals surface area contributed by atoms with E-state index in [2.05, 4.69) is 10.6 Å². The summed E-state index contributed by atoms with van der Waals surface area (Å²) in [6.45, 7) is 0.108. The fourth-order valence-electron chi connectivity index (χ4n) is 2.47. The van der Waals surface area contributed by atoms with Crippen LogP contribution in [0.2, 0.25) is 10.0 Å². The highest BCUT2D eigenvalue weighted by atomic mass is 35.5. The fourth-order valence-corrected chi connectivity index (χ4v) is 2.77. The molecule has 0 unspecified atom stereocenters. The molecule has 3 rings (SSSR count). The second-order valence-corrected chi connectivity index (χ2v) is 6.46. The third kappa shape index (κ3) is 4.40. The van der Waals surface area contributed by atoms with E-state index in [-0.39, 0.29) is 18.1 Å². The van der Waals surface area contributed by atoms with E-state index in [0.29, 0.717) is 10.7 Å². The van der Waals surface area contributed by atoms with E-state index in [1.165, 1.54) is 17.0 Å². The van der Waals surface area contributed by atoms with E-state index in [9.17, 15) is 18.4 Å². The summed E-state index contributed by atoms with van der Waals surface area (Å²) >= 11 is 11.8. The van der Waals surface area contributed by atoms with Crippen LogP contribution in [-0.4, -0.2) is 31.3 Å². The predicted octanol–water partition coefficient (Wildman–Crippen LogP) is 4.42. The van der Waals surface area contributed by atoms with Crippen LogP contribution in [0.4, 0.5) is 29.7 Å². The minimum Gasteiger partial charge on any atom is -0.442 e. The molecule has 0 bridgehead atoms. The van der Waals surface area contributed by atoms with Gasteiger partial charge in [-0.05, 0) is 30.3 Å². The summed E-state index contributed by atoms with van der Waals surface area (Å²) in [5.41, 5.74) is -0.0642. The Morgan fingerprint density at radius 1 is 1.19 bits per heavy atom. The number of carbonyl (C=O) groups is 2. The summed E-state index contributed by atoms with van der Waals surface area (Å²) in [7, 11) is 0. The van der Waals surface area contributed by atoms with E-state index in [1.807, 2.05) is 0 Å². The van der Waals surface area contributed by atoms with Crippen molar-refractivity contribution in [2.45, 2.75) is 6.10 Å². The molecule has 0 aliphatic carbocycles. The number of nitrogens with zero attached hydrogens (tertiary/aromatic N) is 1. The van der Waals surface area contributed by atoms with Crippen molar-refractivity contribution in [1.82, 2.24) is 5.32 Å². The van der Waals surface area contributed by atoms with E-state index < -0.39 is 35.6 Å². The van der Waals surface area contributed by atoms with E-state index in [0.717, 1.165) is 12.1 Å². The van der Waals surface area contributed by atoms with Gasteiger partial charge in [-0.2, -0.15) is 0 Å². The molecule has 1 heterocycles. The van der Waals surface area contributed by atoms with Gasteiger partial charge in [-0.25, -0.2) is 18.4 Å². The molecule has 2 N–H and O–H groups in total. The molecule has 1 aliphatic heterocycles. The second-order valence-electron chi connectivity index (χ2n) is 5.65. The number of hydrogen-bond donors (Lipinski definition) is 2. The number of halogens is 4. The number of cyclic esters (lactones) is 1. The number of anilines is 2. The SMILES string of the molecule is O=C(NC[C@@H]1CN(c2ccc(Cl)c(Cl)c2)C(=O)O1)Nc1c(F)cccc1F. The molecule has 142 valence electrons. The molecule has 1 fully saturated rings. The van der Waals surface area contributed by atoms with Crippen LogP contribution in [0.1, 0.15) is 0 Å². The number of nitrogens with one attached hydrogen (secondary N) is 2. The zero-order chi connectivity index (χ0) is 19.6. The Hall–Kier alpha value is -2.58. The van der Waals surface area contributed by atoms with Gasteiger partial charge in [0.05, 0.1) is 23.1 Å². The van der Waals surface area contributed by atoms with E-state index >= 15 is 0 Å². The van der Waals surface area contributed by atoms with Gasteiger partial charge in [0.25, 0.3) is 0 Å². The summed E-state index contributed by atoms with van der Waals surface area (Å²) in [5.74, 6) is -1.80. The first-order chi connectivity index (χ1) is 12.8. The van der Waals surface area contributed by atoms with Gasteiger partial charge >= 0.3 is 12.1 Å². The van der Waals surface area contributed by atoms with Crippen molar-refractivity contribution in [3.63, 3.8) is 0 Å². The average molecular weight is 416 g/mol. The van der Waals surface area contributed by atoms with Crippen LogP contribution in [0.5, 0.6) is 0 Å². The van der Waals surface area contributed by atoms with Crippen LogP contribution in [0.3, 0.4) is 0 Å². The maximum Gasteiger partial charge on any atom is 0.414 e. The minimum atomic E-state index is -0.900. The molecule has 6 nitrogen and oxygen atoms in total. The van der Waals surface area contributed by atoms with Crippen molar-refractivity contribution in [2.24, 2.45) is 0 Å². The average Bonchev–Trinajstić information content (AvgIpc) is 3.00. The second kappa shape index (κ2) is 7.98. The molecule has 2 aromatic carbocycles. The molecule has 1 saturated heterocycles. The maximum absolute atomic E-state index is 13.5. The summed E-state index contributed by atoms with van der Waals surface area (Å²) in [4.78, 5) is 25.2. The maximum atomic E-state index is 13.5. The Balaban J connectivity index is 1.57. The van der Waals surface area contributed by atoms with Crippen molar-refractivity contribution in [3.8, 4) is 0 Å². The zero-order valence-corrected chi connectivity index (χ0v) is 15.2. The molecule has 10 heteroatoms. The van der Waals surface area contributed by atoms with Gasteiger partial charge in [-0.1, -0.05) is 29.3 Å². The molecule has 27 heavy (non-hydrogen) atoms. The summed E-state index contributed by atoms with van der Waals surface area (Å²) in [6, 6.07) is 7.08. The molecule has 0 spiro atoms. The van der Waals surface area contributed by atoms with Gasteiger partial charge < -0.3 is 15.4 Å². The minimum absolute atomic E-state index is 0.0501. The highest BCUT2D eigenvalue weighted by Gasteiger charge is 2.32. The van der Waals surface area contributed by atoms with Crippen LogP contribution in [0.15, 0.2) is 36.4 Å². The number of carbonyl (C=O) groups excluding carboxylic acids is 2. The summed E-state index contributed by atoms with van der Waals surface area (Å²) in [6.07, 6.45) is -1.26. The highest BCUT2D eigenvalue weighted by molar-refractivity contribution is 6.42. The monoisotopic (exact) mass is 415 g/mol. The lowest BCUT2D eigenvalue weighted by Gasteiger charge is -2.14. The normalized spacial score (nSPS) is 16.2. The third-order valence-electron chi connectivity index (χ3n) is 3.78. The molecule has 0 saturated carbocycles. The van der Waals surface area contributed by atoms with E-state index in [1.54, 1.807) is 12.1 Å². The van der Waals surface area contributed by atoms with Crippen molar-refractivity contribution in [1.29, 1.82) is 0 Å². The smallest absolute Gasteiger partial charge is 0.414 e. The molecule has 0 aromatic heterocycles. The quantitative estimate of drug-likeness (QED) is 0.776. The molecule has 1 atom stereocenters. The van der Waals surface area contributed by atoms with Gasteiger partial charge in [0.2, 0.25) is 0 Å². The van der Waals surface area contributed by atoms with Crippen molar-refractivity contribution >= 4 is 46.7 Å². The van der Waals surface area contributed by atoms with Crippen LogP contribution >= 0.6 is 23.2 Å². The number of rotatable bonds is 4. The first kappa shape index (κ1) is 19.2. The molecule has 3 amide bonds. The first-order valence-corrected chi connectivity index (χ1v) is 8.53. The lowest BCUT2D eigenvalue weighted by Crippen LogP contribution is -2.37. The molecule has 1 aliphatic rings. The predicted molar refractivity (Wildman–Crippen MR) is 97.5 cm³/mol. The van der Waals surface area contributed by atoms with Gasteiger partial charge in [-0.15, -0.1) is 0 Å². The zero-order valence-electron chi connectivity index (χ0n) is 13.6. The Morgan fingerprint density at radius 2 is 1.89 bits per heavy atom. The van der Waals surface area contributed by atoms with Crippen molar-refractivity contribution in [3.05, 3.63) is 58.1 Å². The number of benzene rings is 2. The lowest BCUT2D eigenvalue weighted by atomic mass is 10.2. The van der Waals surface area contributed by atoms with Gasteiger partial charge in [0, 0.05) is 5.69 Å². The van der Waals surface area contributed by atoms with E-state index in [4.69, 9.17) is 27.9 Å². The number of hydrogen-bond acceptors (Lipinski definition) is 3. The van der Waals surface area contributed by atoms with Crippen molar-refractivity contribution in [2.75, 3.05) is 23.3 Å². The number of para-hydroxylation sites is 1. The fraction of sp³-hybridized carbons (Fsp3) is 0.176. The van der Waals surface area contributed by atoms with Gasteiger partial charge in [0.1, 0.15) is 23.4 Å². The van der Waals surface area contributed by atoms with Crippen LogP contribution in [-0.2, 0) is 4.74 Å². The highest BCUT2D eigenvalue weighted by Crippen LogP contribution is 2.29. The topological polar surface area (TPSA) is 70.7 Å². The first-order valence-electron chi connectivity index (χ1n) is 7.77. The van der Waals surface area contributed by atoms with Gasteiger partial charge in [-0.3, -0.25) is 4.90 Å². The molecular weight excluding hydrogens is 403 g/mol. The Kier molecular flexibility index (Phi) is 5.67.